The molecule has 1 aliphatic heterocycles. The van der Waals surface area contributed by atoms with E-state index in [0.29, 0.717) is 18.7 Å². The van der Waals surface area contributed by atoms with Gasteiger partial charge in [0, 0.05) is 39.9 Å². The molecule has 0 bridgehead atoms. The van der Waals surface area contributed by atoms with Gasteiger partial charge in [-0.1, -0.05) is 12.2 Å². The average Bonchev–Trinajstić information content (AvgIpc) is 3.18. The van der Waals surface area contributed by atoms with E-state index in [0.717, 1.165) is 17.0 Å². The van der Waals surface area contributed by atoms with Crippen molar-refractivity contribution in [2.75, 3.05) is 19.8 Å². The maximum atomic E-state index is 12.4. The van der Waals surface area contributed by atoms with Crippen molar-refractivity contribution >= 4 is 58.7 Å². The second-order valence-electron chi connectivity index (χ2n) is 5.62. The van der Waals surface area contributed by atoms with Gasteiger partial charge in [0.2, 0.25) is 5.91 Å². The third kappa shape index (κ3) is 6.95. The summed E-state index contributed by atoms with van der Waals surface area (Å²) < 4.78 is 8.16. The fourth-order valence-electron chi connectivity index (χ4n) is 2.05. The number of thiophene rings is 1. The van der Waals surface area contributed by atoms with Gasteiger partial charge in [-0.2, -0.15) is 0 Å². The number of nitrogens with one attached hydrogen (secondary N) is 5. The fraction of sp³-hybridized carbons (Fsp3) is 0.333. The number of carbonyl (C=O) groups is 2. The molecule has 2 heterocycles. The van der Waals surface area contributed by atoms with Crippen LogP contribution in [-0.2, 0) is 25.8 Å². The largest absolute Gasteiger partial charge is 0.384 e. The van der Waals surface area contributed by atoms with Crippen LogP contribution in [-0.4, -0.2) is 48.8 Å². The number of hydrogen-bond acceptors (Lipinski definition) is 11. The standard InChI is InChI=1S/C15H21N7O4S3/c16-13(17)8-3-9(28-7-8)5-25-1-2-26-21-12(11(6-27)22-29-18)15(24)20-10-4-19-14(10)23/h3,6-7,10,21-22H,1-2,4-5,18H2,(H3,16,17)(H,19,23)(H,20,24)/b12-11-/t10-/m0/s1. The molecule has 0 spiro atoms. The minimum atomic E-state index is -0.606. The van der Waals surface area contributed by atoms with E-state index in [1.807, 2.05) is 0 Å². The first kappa shape index (κ1) is 23.1. The van der Waals surface area contributed by atoms with Crippen molar-refractivity contribution in [3.8, 4) is 0 Å². The predicted molar refractivity (Wildman–Crippen MR) is 115 cm³/mol. The van der Waals surface area contributed by atoms with Crippen LogP contribution in [0.2, 0.25) is 0 Å². The van der Waals surface area contributed by atoms with E-state index in [2.05, 4.69) is 20.8 Å². The molecule has 0 saturated carbocycles. The Morgan fingerprint density at radius 3 is 2.86 bits per heavy atom. The number of carbonyl (C=O) groups excluding carboxylic acids is 2. The number of nitrogen functional groups attached to an aromatic ring is 1. The molecule has 29 heavy (non-hydrogen) atoms. The van der Waals surface area contributed by atoms with Crippen molar-refractivity contribution in [1.29, 1.82) is 5.41 Å². The summed E-state index contributed by atoms with van der Waals surface area (Å²) in [4.78, 5) is 30.0. The second-order valence-corrected chi connectivity index (χ2v) is 7.29. The number of amides is 2. The van der Waals surface area contributed by atoms with Gasteiger partial charge in [-0.05, 0) is 6.07 Å². The molecule has 0 aliphatic carbocycles. The van der Waals surface area contributed by atoms with Gasteiger partial charge >= 0.3 is 0 Å². The number of amidine groups is 1. The van der Waals surface area contributed by atoms with Gasteiger partial charge in [0.05, 0.1) is 25.5 Å². The van der Waals surface area contributed by atoms with Crippen LogP contribution in [0.15, 0.2) is 22.8 Å². The van der Waals surface area contributed by atoms with E-state index < -0.39 is 11.9 Å². The first-order chi connectivity index (χ1) is 14.0. The lowest BCUT2D eigenvalue weighted by atomic mass is 10.1. The van der Waals surface area contributed by atoms with Crippen molar-refractivity contribution < 1.29 is 19.2 Å². The third-order valence-corrected chi connectivity index (χ3v) is 5.08. The zero-order valence-electron chi connectivity index (χ0n) is 15.2. The highest BCUT2D eigenvalue weighted by atomic mass is 32.2. The molecule has 1 fully saturated rings. The van der Waals surface area contributed by atoms with Gasteiger partial charge in [-0.15, -0.1) is 11.3 Å². The molecule has 0 radical (unpaired) electrons. The van der Waals surface area contributed by atoms with Crippen LogP contribution in [0.3, 0.4) is 0 Å². The summed E-state index contributed by atoms with van der Waals surface area (Å²) in [5.74, 6) is -0.826. The van der Waals surface area contributed by atoms with Gasteiger partial charge in [-0.3, -0.25) is 30.5 Å². The SMILES string of the molecule is N=C(N)c1csc(COCCON/C(C(=O)N[C@H]2CNC2=O)=C(/C=S)NSN)c1. The molecule has 0 aromatic carbocycles. The first-order valence-electron chi connectivity index (χ1n) is 8.23. The van der Waals surface area contributed by atoms with Gasteiger partial charge in [0.15, 0.2) is 5.70 Å². The lowest BCUT2D eigenvalue weighted by molar-refractivity contribution is -0.132. The summed E-state index contributed by atoms with van der Waals surface area (Å²) >= 11 is 7.09. The normalized spacial score (nSPS) is 16.2. The molecular weight excluding hydrogens is 438 g/mol. The summed E-state index contributed by atoms with van der Waals surface area (Å²) in [6.45, 7) is 1.07. The summed E-state index contributed by atoms with van der Waals surface area (Å²) in [5.41, 5.74) is 8.81. The van der Waals surface area contributed by atoms with Crippen molar-refractivity contribution in [2.24, 2.45) is 10.9 Å². The highest BCUT2D eigenvalue weighted by Gasteiger charge is 2.30. The monoisotopic (exact) mass is 459 g/mol. The highest BCUT2D eigenvalue weighted by Crippen LogP contribution is 2.15. The minimum Gasteiger partial charge on any atom is -0.384 e. The van der Waals surface area contributed by atoms with Crippen LogP contribution < -0.4 is 31.7 Å². The Balaban J connectivity index is 1.80. The minimum absolute atomic E-state index is 0.00982. The number of thiocarbonyl (C=S) groups is 1. The van der Waals surface area contributed by atoms with Crippen LogP contribution in [0.25, 0.3) is 0 Å². The number of nitrogens with two attached hydrogens (primary N) is 2. The summed E-state index contributed by atoms with van der Waals surface area (Å²) in [5, 5.41) is 20.9. The Kier molecular flexibility index (Phi) is 9.30. The molecule has 1 aromatic rings. The Bertz CT molecular complexity index is 799. The molecule has 1 saturated heterocycles. The van der Waals surface area contributed by atoms with Crippen molar-refractivity contribution in [3.05, 3.63) is 33.3 Å². The molecule has 158 valence electrons. The van der Waals surface area contributed by atoms with Crippen LogP contribution >= 0.6 is 35.7 Å². The number of β-lactam (4-membered cyclic amide) rings is 1. The van der Waals surface area contributed by atoms with Crippen LogP contribution in [0.1, 0.15) is 10.4 Å². The molecule has 1 aromatic heterocycles. The van der Waals surface area contributed by atoms with E-state index in [9.17, 15) is 9.59 Å². The Labute approximate surface area is 180 Å². The molecule has 2 amide bonds. The quantitative estimate of drug-likeness (QED) is 0.0283. The van der Waals surface area contributed by atoms with E-state index >= 15 is 0 Å². The maximum Gasteiger partial charge on any atom is 0.272 e. The number of hydroxylamine groups is 1. The molecule has 1 atom stereocenters. The maximum absolute atomic E-state index is 12.4. The van der Waals surface area contributed by atoms with E-state index in [4.69, 9.17) is 38.1 Å². The topological polar surface area (TPSA) is 177 Å². The average molecular weight is 460 g/mol. The third-order valence-electron chi connectivity index (χ3n) is 3.60. The lowest BCUT2D eigenvalue weighted by Gasteiger charge is -2.27. The van der Waals surface area contributed by atoms with Gasteiger partial charge in [0.1, 0.15) is 11.9 Å². The summed E-state index contributed by atoms with van der Waals surface area (Å²) in [6.07, 6.45) is 0. The Hall–Kier alpha value is -2.23. The highest BCUT2D eigenvalue weighted by molar-refractivity contribution is 7.95. The van der Waals surface area contributed by atoms with E-state index in [-0.39, 0.29) is 36.4 Å². The summed E-state index contributed by atoms with van der Waals surface area (Å²) in [6, 6.07) is 1.18. The smallest absolute Gasteiger partial charge is 0.272 e. The predicted octanol–water partition coefficient (Wildman–Crippen LogP) is -0.993. The lowest BCUT2D eigenvalue weighted by Crippen LogP contribution is -2.62. The van der Waals surface area contributed by atoms with Crippen molar-refractivity contribution in [3.63, 3.8) is 0 Å². The molecule has 11 nitrogen and oxygen atoms in total. The van der Waals surface area contributed by atoms with E-state index in [1.54, 1.807) is 11.4 Å². The Morgan fingerprint density at radius 2 is 2.31 bits per heavy atom. The van der Waals surface area contributed by atoms with E-state index in [1.165, 1.54) is 16.7 Å². The molecule has 0 unspecified atom stereocenters. The van der Waals surface area contributed by atoms with Gasteiger partial charge in [0.25, 0.3) is 5.91 Å². The van der Waals surface area contributed by atoms with Crippen LogP contribution in [0.5, 0.6) is 0 Å². The fourth-order valence-corrected chi connectivity index (χ4v) is 3.41. The molecule has 2 rings (SSSR count). The Morgan fingerprint density at radius 1 is 1.52 bits per heavy atom. The van der Waals surface area contributed by atoms with Gasteiger partial charge < -0.3 is 25.8 Å². The number of ether oxygens (including phenoxy) is 1. The second kappa shape index (κ2) is 11.7. The molecule has 1 aliphatic rings. The van der Waals surface area contributed by atoms with Crippen molar-refractivity contribution in [2.45, 2.75) is 12.6 Å². The molecular formula is C15H21N7O4S3. The van der Waals surface area contributed by atoms with Crippen molar-refractivity contribution in [1.82, 2.24) is 20.8 Å². The summed E-state index contributed by atoms with van der Waals surface area (Å²) in [7, 11) is 0. The number of rotatable bonds is 13. The number of allylic oxidation sites excluding steroid dienone is 1. The van der Waals surface area contributed by atoms with Crippen LogP contribution in [0, 0.1) is 5.41 Å². The first-order valence-corrected chi connectivity index (χ1v) is 10.5. The number of hydrogen-bond donors (Lipinski definition) is 7. The molecule has 14 heteroatoms. The van der Waals surface area contributed by atoms with Gasteiger partial charge in [-0.25, -0.2) is 0 Å². The zero-order valence-corrected chi connectivity index (χ0v) is 17.6. The van der Waals surface area contributed by atoms with Crippen LogP contribution in [0.4, 0.5) is 0 Å². The zero-order chi connectivity index (χ0) is 21.2. The molecule has 9 N–H and O–H groups in total.